The van der Waals surface area contributed by atoms with Crippen LogP contribution in [0.15, 0.2) is 24.3 Å². The lowest BCUT2D eigenvalue weighted by Crippen LogP contribution is -2.03. The van der Waals surface area contributed by atoms with Crippen LogP contribution in [0.2, 0.25) is 5.02 Å². The molecule has 0 aliphatic rings. The van der Waals surface area contributed by atoms with Gasteiger partial charge in [0.05, 0.1) is 10.7 Å². The predicted octanol–water partition coefficient (Wildman–Crippen LogP) is 4.53. The molecule has 0 bridgehead atoms. The Morgan fingerprint density at radius 1 is 1.26 bits per heavy atom. The molecule has 0 saturated carbocycles. The second-order valence-electron chi connectivity index (χ2n) is 4.62. The zero-order valence-corrected chi connectivity index (χ0v) is 12.2. The molecular formula is C15H18ClFN2. The van der Waals surface area contributed by atoms with Crippen molar-refractivity contribution in [1.82, 2.24) is 4.57 Å². The normalized spacial score (nSPS) is 10.8. The molecular weight excluding hydrogens is 263 g/mol. The first-order valence-corrected chi connectivity index (χ1v) is 6.75. The Kier molecular flexibility index (Phi) is 4.15. The molecule has 0 amide bonds. The highest BCUT2D eigenvalue weighted by atomic mass is 35.5. The zero-order chi connectivity index (χ0) is 14.0. The Balaban J connectivity index is 2.17. The molecule has 2 nitrogen and oxygen atoms in total. The van der Waals surface area contributed by atoms with Crippen molar-refractivity contribution in [2.75, 3.05) is 5.32 Å². The first-order chi connectivity index (χ1) is 9.02. The molecule has 2 aromatic rings. The van der Waals surface area contributed by atoms with Crippen LogP contribution in [0.3, 0.4) is 0 Å². The molecule has 102 valence electrons. The molecule has 0 saturated heterocycles. The van der Waals surface area contributed by atoms with Crippen molar-refractivity contribution in [3.05, 3.63) is 52.1 Å². The average molecular weight is 281 g/mol. The molecule has 0 aliphatic heterocycles. The van der Waals surface area contributed by atoms with Crippen molar-refractivity contribution in [2.24, 2.45) is 0 Å². The lowest BCUT2D eigenvalue weighted by atomic mass is 10.2. The fourth-order valence-corrected chi connectivity index (χ4v) is 2.55. The second kappa shape index (κ2) is 5.66. The van der Waals surface area contributed by atoms with Gasteiger partial charge in [-0.05, 0) is 50.6 Å². The van der Waals surface area contributed by atoms with E-state index in [1.165, 1.54) is 29.1 Å². The average Bonchev–Trinajstić information content (AvgIpc) is 2.65. The van der Waals surface area contributed by atoms with Crippen LogP contribution in [0.5, 0.6) is 0 Å². The minimum atomic E-state index is -0.286. The summed E-state index contributed by atoms with van der Waals surface area (Å²) in [6.07, 6.45) is 0. The van der Waals surface area contributed by atoms with Gasteiger partial charge >= 0.3 is 0 Å². The summed E-state index contributed by atoms with van der Waals surface area (Å²) in [5.41, 5.74) is 4.31. The van der Waals surface area contributed by atoms with Crippen LogP contribution < -0.4 is 5.32 Å². The molecule has 0 aliphatic carbocycles. The summed E-state index contributed by atoms with van der Waals surface area (Å²) in [5, 5.41) is 3.72. The van der Waals surface area contributed by atoms with E-state index < -0.39 is 0 Å². The van der Waals surface area contributed by atoms with E-state index in [2.05, 4.69) is 36.7 Å². The van der Waals surface area contributed by atoms with E-state index in [0.717, 1.165) is 6.54 Å². The number of halogens is 2. The van der Waals surface area contributed by atoms with Gasteiger partial charge in [0.25, 0.3) is 0 Å². The molecule has 1 aromatic heterocycles. The molecule has 1 aromatic carbocycles. The molecule has 0 spiro atoms. The van der Waals surface area contributed by atoms with Crippen LogP contribution in [-0.4, -0.2) is 4.57 Å². The van der Waals surface area contributed by atoms with Crippen LogP contribution in [0.25, 0.3) is 0 Å². The van der Waals surface area contributed by atoms with Crippen LogP contribution in [0.4, 0.5) is 10.1 Å². The third-order valence-corrected chi connectivity index (χ3v) is 3.72. The topological polar surface area (TPSA) is 17.0 Å². The first kappa shape index (κ1) is 13.9. The van der Waals surface area contributed by atoms with Gasteiger partial charge in [-0.15, -0.1) is 0 Å². The molecule has 2 rings (SSSR count). The van der Waals surface area contributed by atoms with Crippen molar-refractivity contribution < 1.29 is 4.39 Å². The van der Waals surface area contributed by atoms with E-state index >= 15 is 0 Å². The van der Waals surface area contributed by atoms with Gasteiger partial charge in [-0.2, -0.15) is 0 Å². The summed E-state index contributed by atoms with van der Waals surface area (Å²) >= 11 is 6.03. The number of aryl methyl sites for hydroxylation is 1. The van der Waals surface area contributed by atoms with Crippen LogP contribution in [0.1, 0.15) is 23.9 Å². The van der Waals surface area contributed by atoms with Gasteiger partial charge in [-0.1, -0.05) is 11.6 Å². The number of rotatable bonds is 4. The predicted molar refractivity (Wildman–Crippen MR) is 78.3 cm³/mol. The summed E-state index contributed by atoms with van der Waals surface area (Å²) in [5.74, 6) is -0.286. The lowest BCUT2D eigenvalue weighted by molar-refractivity contribution is 0.628. The van der Waals surface area contributed by atoms with Gasteiger partial charge in [0.15, 0.2) is 0 Å². The smallest absolute Gasteiger partial charge is 0.125 e. The van der Waals surface area contributed by atoms with E-state index in [0.29, 0.717) is 17.3 Å². The number of hydrogen-bond acceptors (Lipinski definition) is 1. The van der Waals surface area contributed by atoms with Gasteiger partial charge < -0.3 is 9.88 Å². The van der Waals surface area contributed by atoms with Gasteiger partial charge in [-0.25, -0.2) is 4.39 Å². The molecule has 0 fully saturated rings. The van der Waals surface area contributed by atoms with Gasteiger partial charge in [0.1, 0.15) is 5.82 Å². The Labute approximate surface area is 118 Å². The SMILES string of the molecule is CCn1c(C)cc(CNc2cc(F)ccc2Cl)c1C. The Morgan fingerprint density at radius 3 is 2.63 bits per heavy atom. The van der Waals surface area contributed by atoms with Crippen molar-refractivity contribution in [1.29, 1.82) is 0 Å². The maximum absolute atomic E-state index is 13.2. The number of benzene rings is 1. The fraction of sp³-hybridized carbons (Fsp3) is 0.333. The number of hydrogen-bond donors (Lipinski definition) is 1. The van der Waals surface area contributed by atoms with Gasteiger partial charge in [0.2, 0.25) is 0 Å². The Hall–Kier alpha value is -1.48. The summed E-state index contributed by atoms with van der Waals surface area (Å²) in [6.45, 7) is 7.91. The zero-order valence-electron chi connectivity index (χ0n) is 11.4. The summed E-state index contributed by atoms with van der Waals surface area (Å²) < 4.78 is 15.4. The molecule has 0 atom stereocenters. The molecule has 19 heavy (non-hydrogen) atoms. The van der Waals surface area contributed by atoms with E-state index in [4.69, 9.17) is 11.6 Å². The number of aromatic nitrogens is 1. The highest BCUT2D eigenvalue weighted by molar-refractivity contribution is 6.33. The fourth-order valence-electron chi connectivity index (χ4n) is 2.36. The largest absolute Gasteiger partial charge is 0.380 e. The van der Waals surface area contributed by atoms with Crippen molar-refractivity contribution in [2.45, 2.75) is 33.9 Å². The number of nitrogens with one attached hydrogen (secondary N) is 1. The first-order valence-electron chi connectivity index (χ1n) is 6.37. The molecule has 0 radical (unpaired) electrons. The molecule has 0 unspecified atom stereocenters. The molecule has 4 heteroatoms. The minimum absolute atomic E-state index is 0.286. The standard InChI is InChI=1S/C15H18ClFN2/c1-4-19-10(2)7-12(11(19)3)9-18-15-8-13(17)5-6-14(15)16/h5-8,18H,4,9H2,1-3H3. The van der Waals surface area contributed by atoms with E-state index in [1.807, 2.05) is 0 Å². The molecule has 1 N–H and O–H groups in total. The van der Waals surface area contributed by atoms with Crippen molar-refractivity contribution in [3.8, 4) is 0 Å². The van der Waals surface area contributed by atoms with Gasteiger partial charge in [0, 0.05) is 24.5 Å². The highest BCUT2D eigenvalue weighted by Crippen LogP contribution is 2.24. The van der Waals surface area contributed by atoms with Crippen LogP contribution >= 0.6 is 11.6 Å². The quantitative estimate of drug-likeness (QED) is 0.871. The van der Waals surface area contributed by atoms with Crippen molar-refractivity contribution >= 4 is 17.3 Å². The third-order valence-electron chi connectivity index (χ3n) is 3.39. The summed E-state index contributed by atoms with van der Waals surface area (Å²) in [6, 6.07) is 6.49. The third kappa shape index (κ3) is 2.92. The van der Waals surface area contributed by atoms with Crippen molar-refractivity contribution in [3.63, 3.8) is 0 Å². The highest BCUT2D eigenvalue weighted by Gasteiger charge is 2.08. The maximum atomic E-state index is 13.2. The summed E-state index contributed by atoms with van der Waals surface area (Å²) in [7, 11) is 0. The maximum Gasteiger partial charge on any atom is 0.125 e. The monoisotopic (exact) mass is 280 g/mol. The Morgan fingerprint density at radius 2 is 2.00 bits per heavy atom. The Bertz CT molecular complexity index is 590. The lowest BCUT2D eigenvalue weighted by Gasteiger charge is -2.09. The summed E-state index contributed by atoms with van der Waals surface area (Å²) in [4.78, 5) is 0. The van der Waals surface area contributed by atoms with Crippen LogP contribution in [-0.2, 0) is 13.1 Å². The van der Waals surface area contributed by atoms with Gasteiger partial charge in [-0.3, -0.25) is 0 Å². The van der Waals surface area contributed by atoms with Crippen LogP contribution in [0, 0.1) is 19.7 Å². The molecule has 1 heterocycles. The number of anilines is 1. The van der Waals surface area contributed by atoms with E-state index in [-0.39, 0.29) is 5.82 Å². The minimum Gasteiger partial charge on any atom is -0.380 e. The number of nitrogens with zero attached hydrogens (tertiary/aromatic N) is 1. The van der Waals surface area contributed by atoms with E-state index in [1.54, 1.807) is 6.07 Å². The van der Waals surface area contributed by atoms with E-state index in [9.17, 15) is 4.39 Å². The second-order valence-corrected chi connectivity index (χ2v) is 5.03.